The van der Waals surface area contributed by atoms with Gasteiger partial charge in [-0.15, -0.1) is 0 Å². The first-order valence-electron chi connectivity index (χ1n) is 8.23. The zero-order chi connectivity index (χ0) is 16.4. The Bertz CT molecular complexity index is 548. The minimum absolute atomic E-state index is 0.147. The number of ether oxygens (including phenoxy) is 1. The highest BCUT2D eigenvalue weighted by Crippen LogP contribution is 2.21. The first-order chi connectivity index (χ1) is 11.0. The van der Waals surface area contributed by atoms with Crippen molar-refractivity contribution in [2.24, 2.45) is 0 Å². The Kier molecular flexibility index (Phi) is 4.70. The lowest BCUT2D eigenvalue weighted by molar-refractivity contribution is -0.0524. The van der Waals surface area contributed by atoms with Crippen molar-refractivity contribution in [3.05, 3.63) is 17.0 Å². The fraction of sp³-hybridized carbons (Fsp3) is 0.750. The maximum absolute atomic E-state index is 12.8. The number of likely N-dealkylation sites (tertiary alicyclic amines) is 1. The zero-order valence-corrected chi connectivity index (χ0v) is 13.9. The molecule has 7 heteroatoms. The van der Waals surface area contributed by atoms with Gasteiger partial charge in [0.15, 0.2) is 0 Å². The highest BCUT2D eigenvalue weighted by molar-refractivity contribution is 5.96. The lowest BCUT2D eigenvalue weighted by atomic mass is 10.0. The minimum atomic E-state index is -1.03. The second-order valence-electron chi connectivity index (χ2n) is 6.69. The van der Waals surface area contributed by atoms with Crippen molar-refractivity contribution < 1.29 is 19.2 Å². The van der Waals surface area contributed by atoms with E-state index < -0.39 is 5.60 Å². The summed E-state index contributed by atoms with van der Waals surface area (Å²) in [6.07, 6.45) is 2.33. The monoisotopic (exact) mass is 323 g/mol. The Hall–Kier alpha value is -1.44. The van der Waals surface area contributed by atoms with Crippen LogP contribution in [0.5, 0.6) is 0 Å². The van der Waals surface area contributed by atoms with Crippen LogP contribution in [0.3, 0.4) is 0 Å². The molecule has 0 aromatic carbocycles. The van der Waals surface area contributed by atoms with E-state index in [1.807, 2.05) is 0 Å². The van der Waals surface area contributed by atoms with Gasteiger partial charge in [0.1, 0.15) is 16.9 Å². The van der Waals surface area contributed by atoms with E-state index in [0.717, 1.165) is 13.1 Å². The van der Waals surface area contributed by atoms with Crippen LogP contribution in [0.1, 0.15) is 34.7 Å². The third kappa shape index (κ3) is 3.57. The zero-order valence-electron chi connectivity index (χ0n) is 13.9. The van der Waals surface area contributed by atoms with Crippen molar-refractivity contribution in [1.29, 1.82) is 0 Å². The van der Waals surface area contributed by atoms with Crippen molar-refractivity contribution in [3.63, 3.8) is 0 Å². The Balaban J connectivity index is 1.75. The van der Waals surface area contributed by atoms with E-state index in [-0.39, 0.29) is 19.1 Å². The van der Waals surface area contributed by atoms with Gasteiger partial charge in [-0.05, 0) is 39.8 Å². The van der Waals surface area contributed by atoms with Gasteiger partial charge in [-0.1, -0.05) is 5.16 Å². The minimum Gasteiger partial charge on any atom is -0.384 e. The molecule has 2 aliphatic rings. The number of carbonyl (C=O) groups is 1. The molecule has 23 heavy (non-hydrogen) atoms. The van der Waals surface area contributed by atoms with Gasteiger partial charge in [-0.3, -0.25) is 4.79 Å². The molecule has 2 aliphatic heterocycles. The third-order valence-corrected chi connectivity index (χ3v) is 4.61. The second-order valence-corrected chi connectivity index (χ2v) is 6.69. The van der Waals surface area contributed by atoms with Gasteiger partial charge < -0.3 is 24.2 Å². The van der Waals surface area contributed by atoms with E-state index in [4.69, 9.17) is 9.26 Å². The Morgan fingerprint density at radius 3 is 2.70 bits per heavy atom. The van der Waals surface area contributed by atoms with Gasteiger partial charge in [-0.25, -0.2) is 0 Å². The molecular weight excluding hydrogens is 298 g/mol. The number of rotatable bonds is 3. The average molecular weight is 323 g/mol. The van der Waals surface area contributed by atoms with E-state index >= 15 is 0 Å². The predicted octanol–water partition coefficient (Wildman–Crippen LogP) is 0.591. The van der Waals surface area contributed by atoms with E-state index in [1.165, 1.54) is 12.8 Å². The number of nitrogens with zero attached hydrogens (tertiary/aromatic N) is 3. The van der Waals surface area contributed by atoms with E-state index in [9.17, 15) is 9.90 Å². The Morgan fingerprint density at radius 1 is 1.30 bits per heavy atom. The van der Waals surface area contributed by atoms with Crippen LogP contribution < -0.4 is 0 Å². The molecule has 0 aliphatic carbocycles. The van der Waals surface area contributed by atoms with E-state index in [2.05, 4.69) is 10.1 Å². The summed E-state index contributed by atoms with van der Waals surface area (Å²) in [6, 6.07) is 0. The molecule has 3 rings (SSSR count). The maximum Gasteiger partial charge on any atom is 0.259 e. The summed E-state index contributed by atoms with van der Waals surface area (Å²) in [7, 11) is 0. The molecule has 1 amide bonds. The SMILES string of the molecule is Cc1noc(C)c1C(=O)N1CCOC[C@](O)(CN2CCCC2)C1. The number of amides is 1. The van der Waals surface area contributed by atoms with Crippen molar-refractivity contribution >= 4 is 5.91 Å². The molecule has 1 N–H and O–H groups in total. The predicted molar refractivity (Wildman–Crippen MR) is 83.3 cm³/mol. The Morgan fingerprint density at radius 2 is 2.04 bits per heavy atom. The Labute approximate surface area is 136 Å². The van der Waals surface area contributed by atoms with E-state index in [0.29, 0.717) is 36.7 Å². The number of hydrogen-bond donors (Lipinski definition) is 1. The van der Waals surface area contributed by atoms with Crippen molar-refractivity contribution in [2.75, 3.05) is 45.9 Å². The molecule has 2 saturated heterocycles. The number of hydrogen-bond acceptors (Lipinski definition) is 6. The highest BCUT2D eigenvalue weighted by Gasteiger charge is 2.37. The van der Waals surface area contributed by atoms with Crippen LogP contribution >= 0.6 is 0 Å². The number of aliphatic hydroxyl groups is 1. The third-order valence-electron chi connectivity index (χ3n) is 4.61. The number of β-amino-alcohol motifs (C(OH)–C–C–N with tert-alkyl or cyclic N) is 1. The van der Waals surface area contributed by atoms with Gasteiger partial charge in [0.25, 0.3) is 5.91 Å². The molecule has 1 atom stereocenters. The van der Waals surface area contributed by atoms with Crippen molar-refractivity contribution in [1.82, 2.24) is 15.0 Å². The fourth-order valence-corrected chi connectivity index (χ4v) is 3.49. The molecule has 3 heterocycles. The topological polar surface area (TPSA) is 79.0 Å². The van der Waals surface area contributed by atoms with Gasteiger partial charge in [-0.2, -0.15) is 0 Å². The quantitative estimate of drug-likeness (QED) is 0.877. The normalized spacial score (nSPS) is 26.5. The van der Waals surface area contributed by atoms with Crippen molar-refractivity contribution in [3.8, 4) is 0 Å². The molecule has 0 saturated carbocycles. The fourth-order valence-electron chi connectivity index (χ4n) is 3.49. The molecule has 2 fully saturated rings. The van der Waals surface area contributed by atoms with Crippen LogP contribution in [0.25, 0.3) is 0 Å². The molecule has 0 unspecified atom stereocenters. The van der Waals surface area contributed by atoms with Crippen LogP contribution in [-0.2, 0) is 4.74 Å². The van der Waals surface area contributed by atoms with Crippen molar-refractivity contribution in [2.45, 2.75) is 32.3 Å². The summed E-state index contributed by atoms with van der Waals surface area (Å²) in [5, 5.41) is 14.8. The summed E-state index contributed by atoms with van der Waals surface area (Å²) in [5.41, 5.74) is 0.0475. The number of aromatic nitrogens is 1. The molecule has 1 aromatic rings. The summed E-state index contributed by atoms with van der Waals surface area (Å²) < 4.78 is 10.7. The smallest absolute Gasteiger partial charge is 0.259 e. The molecule has 0 radical (unpaired) electrons. The average Bonchev–Trinajstić information content (AvgIpc) is 3.06. The highest BCUT2D eigenvalue weighted by atomic mass is 16.5. The van der Waals surface area contributed by atoms with Crippen LogP contribution in [-0.4, -0.2) is 77.5 Å². The summed E-state index contributed by atoms with van der Waals surface area (Å²) in [6.45, 7) is 7.45. The van der Waals surface area contributed by atoms with Gasteiger partial charge in [0, 0.05) is 13.1 Å². The first-order valence-corrected chi connectivity index (χ1v) is 8.23. The van der Waals surface area contributed by atoms with Gasteiger partial charge in [0.2, 0.25) is 0 Å². The molecule has 1 aromatic heterocycles. The lowest BCUT2D eigenvalue weighted by Gasteiger charge is -2.34. The molecule has 0 spiro atoms. The number of aryl methyl sites for hydroxylation is 2. The number of carbonyl (C=O) groups excluding carboxylic acids is 1. The summed E-state index contributed by atoms with van der Waals surface area (Å²) >= 11 is 0. The summed E-state index contributed by atoms with van der Waals surface area (Å²) in [4.78, 5) is 16.7. The van der Waals surface area contributed by atoms with Gasteiger partial charge >= 0.3 is 0 Å². The second kappa shape index (κ2) is 6.59. The first kappa shape index (κ1) is 16.4. The van der Waals surface area contributed by atoms with Crippen LogP contribution in [0.15, 0.2) is 4.52 Å². The van der Waals surface area contributed by atoms with Crippen LogP contribution in [0.2, 0.25) is 0 Å². The molecule has 128 valence electrons. The lowest BCUT2D eigenvalue weighted by Crippen LogP contribution is -2.53. The standard InChI is InChI=1S/C16H25N3O4/c1-12-14(13(2)23-17-12)15(20)19-7-8-22-11-16(21,10-19)9-18-5-3-4-6-18/h21H,3-11H2,1-2H3/t16-/m0/s1. The molecule has 7 nitrogen and oxygen atoms in total. The summed E-state index contributed by atoms with van der Waals surface area (Å²) in [5.74, 6) is 0.368. The van der Waals surface area contributed by atoms with Crippen LogP contribution in [0, 0.1) is 13.8 Å². The van der Waals surface area contributed by atoms with Crippen LogP contribution in [0.4, 0.5) is 0 Å². The largest absolute Gasteiger partial charge is 0.384 e. The molecular formula is C16H25N3O4. The molecule has 0 bridgehead atoms. The van der Waals surface area contributed by atoms with Gasteiger partial charge in [0.05, 0.1) is 25.5 Å². The van der Waals surface area contributed by atoms with E-state index in [1.54, 1.807) is 18.7 Å². The maximum atomic E-state index is 12.8.